The first-order valence-electron chi connectivity index (χ1n) is 6.66. The SMILES string of the molecule is CCCc1c(CN)nnn1-c1ccc(OCC)cc1. The minimum Gasteiger partial charge on any atom is -0.494 e. The lowest BCUT2D eigenvalue weighted by Crippen LogP contribution is -2.06. The fourth-order valence-electron chi connectivity index (χ4n) is 2.04. The summed E-state index contributed by atoms with van der Waals surface area (Å²) in [6, 6.07) is 7.86. The van der Waals surface area contributed by atoms with Crippen molar-refractivity contribution in [2.45, 2.75) is 33.2 Å². The van der Waals surface area contributed by atoms with Crippen LogP contribution in [-0.2, 0) is 13.0 Å². The molecule has 2 rings (SSSR count). The van der Waals surface area contributed by atoms with Gasteiger partial charge in [-0.25, -0.2) is 4.68 Å². The van der Waals surface area contributed by atoms with E-state index in [0.717, 1.165) is 35.7 Å². The maximum atomic E-state index is 5.70. The number of nitrogens with two attached hydrogens (primary N) is 1. The summed E-state index contributed by atoms with van der Waals surface area (Å²) in [5.74, 6) is 0.863. The molecule has 102 valence electrons. The van der Waals surface area contributed by atoms with E-state index in [-0.39, 0.29) is 0 Å². The average Bonchev–Trinajstić information content (AvgIpc) is 2.83. The third-order valence-corrected chi connectivity index (χ3v) is 2.92. The lowest BCUT2D eigenvalue weighted by molar-refractivity contribution is 0.340. The van der Waals surface area contributed by atoms with E-state index in [9.17, 15) is 0 Å². The van der Waals surface area contributed by atoms with Gasteiger partial charge in [-0.15, -0.1) is 5.10 Å². The van der Waals surface area contributed by atoms with Gasteiger partial charge in [-0.1, -0.05) is 18.6 Å². The maximum Gasteiger partial charge on any atom is 0.119 e. The van der Waals surface area contributed by atoms with E-state index >= 15 is 0 Å². The predicted octanol–water partition coefficient (Wildman–Crippen LogP) is 2.08. The van der Waals surface area contributed by atoms with Gasteiger partial charge in [0.25, 0.3) is 0 Å². The standard InChI is InChI=1S/C14H20N4O/c1-3-5-14-13(10-15)16-17-18(14)11-6-8-12(9-7-11)19-4-2/h6-9H,3-5,10,15H2,1-2H3. The summed E-state index contributed by atoms with van der Waals surface area (Å²) in [7, 11) is 0. The van der Waals surface area contributed by atoms with Gasteiger partial charge >= 0.3 is 0 Å². The van der Waals surface area contributed by atoms with E-state index in [1.807, 2.05) is 35.9 Å². The molecule has 0 atom stereocenters. The molecule has 0 bridgehead atoms. The number of rotatable bonds is 6. The van der Waals surface area contributed by atoms with Crippen LogP contribution in [0.4, 0.5) is 0 Å². The van der Waals surface area contributed by atoms with Crippen molar-refractivity contribution in [1.82, 2.24) is 15.0 Å². The highest BCUT2D eigenvalue weighted by Crippen LogP contribution is 2.18. The van der Waals surface area contributed by atoms with Crippen LogP contribution in [-0.4, -0.2) is 21.6 Å². The van der Waals surface area contributed by atoms with Crippen LogP contribution < -0.4 is 10.5 Å². The molecule has 1 aromatic heterocycles. The molecule has 5 heteroatoms. The monoisotopic (exact) mass is 260 g/mol. The summed E-state index contributed by atoms with van der Waals surface area (Å²) < 4.78 is 7.30. The first-order chi connectivity index (χ1) is 9.30. The van der Waals surface area contributed by atoms with Crippen molar-refractivity contribution in [3.05, 3.63) is 35.7 Å². The number of aromatic nitrogens is 3. The molecule has 0 amide bonds. The number of nitrogens with zero attached hydrogens (tertiary/aromatic N) is 3. The zero-order valence-corrected chi connectivity index (χ0v) is 11.5. The van der Waals surface area contributed by atoms with Crippen LogP contribution in [0, 0.1) is 0 Å². The second-order valence-electron chi connectivity index (χ2n) is 4.28. The third-order valence-electron chi connectivity index (χ3n) is 2.92. The molecule has 5 nitrogen and oxygen atoms in total. The predicted molar refractivity (Wildman–Crippen MR) is 74.4 cm³/mol. The molecule has 1 heterocycles. The summed E-state index contributed by atoms with van der Waals surface area (Å²) in [6.45, 7) is 5.20. The second kappa shape index (κ2) is 6.33. The summed E-state index contributed by atoms with van der Waals surface area (Å²) in [6.07, 6.45) is 1.96. The van der Waals surface area contributed by atoms with Crippen LogP contribution in [0.1, 0.15) is 31.7 Å². The van der Waals surface area contributed by atoms with E-state index in [0.29, 0.717) is 13.2 Å². The molecule has 0 aliphatic rings. The molecule has 0 saturated carbocycles. The highest BCUT2D eigenvalue weighted by atomic mass is 16.5. The van der Waals surface area contributed by atoms with Crippen molar-refractivity contribution in [3.63, 3.8) is 0 Å². The molecule has 0 aliphatic heterocycles. The Bertz CT molecular complexity index is 519. The van der Waals surface area contributed by atoms with Gasteiger partial charge < -0.3 is 10.5 Å². The van der Waals surface area contributed by atoms with Crippen molar-refractivity contribution in [3.8, 4) is 11.4 Å². The Morgan fingerprint density at radius 1 is 1.21 bits per heavy atom. The van der Waals surface area contributed by atoms with Crippen molar-refractivity contribution in [2.75, 3.05) is 6.61 Å². The van der Waals surface area contributed by atoms with Crippen LogP contribution in [0.25, 0.3) is 5.69 Å². The lowest BCUT2D eigenvalue weighted by atomic mass is 10.2. The number of hydrogen-bond donors (Lipinski definition) is 1. The van der Waals surface area contributed by atoms with Crippen LogP contribution in [0.5, 0.6) is 5.75 Å². The van der Waals surface area contributed by atoms with Crippen LogP contribution in [0.2, 0.25) is 0 Å². The second-order valence-corrected chi connectivity index (χ2v) is 4.28. The Morgan fingerprint density at radius 2 is 1.95 bits per heavy atom. The maximum absolute atomic E-state index is 5.70. The molecular weight excluding hydrogens is 240 g/mol. The highest BCUT2D eigenvalue weighted by molar-refractivity contribution is 5.38. The Morgan fingerprint density at radius 3 is 2.53 bits per heavy atom. The van der Waals surface area contributed by atoms with Gasteiger partial charge in [-0.2, -0.15) is 0 Å². The fourth-order valence-corrected chi connectivity index (χ4v) is 2.04. The van der Waals surface area contributed by atoms with Crippen LogP contribution in [0.15, 0.2) is 24.3 Å². The van der Waals surface area contributed by atoms with Crippen LogP contribution in [0.3, 0.4) is 0 Å². The van der Waals surface area contributed by atoms with E-state index < -0.39 is 0 Å². The molecule has 0 saturated heterocycles. The first-order valence-corrected chi connectivity index (χ1v) is 6.66. The van der Waals surface area contributed by atoms with E-state index in [1.54, 1.807) is 0 Å². The summed E-state index contributed by atoms with van der Waals surface area (Å²) >= 11 is 0. The molecule has 0 spiro atoms. The summed E-state index contributed by atoms with van der Waals surface area (Å²) in [5, 5.41) is 8.34. The van der Waals surface area contributed by atoms with Gasteiger partial charge in [0.2, 0.25) is 0 Å². The van der Waals surface area contributed by atoms with Gasteiger partial charge in [0.05, 0.1) is 23.7 Å². The molecule has 0 radical (unpaired) electrons. The molecule has 19 heavy (non-hydrogen) atoms. The average molecular weight is 260 g/mol. The largest absolute Gasteiger partial charge is 0.494 e. The van der Waals surface area contributed by atoms with Crippen molar-refractivity contribution in [2.24, 2.45) is 5.73 Å². The summed E-state index contributed by atoms with van der Waals surface area (Å²) in [4.78, 5) is 0. The van der Waals surface area contributed by atoms with Crippen molar-refractivity contribution in [1.29, 1.82) is 0 Å². The molecule has 0 unspecified atom stereocenters. The molecular formula is C14H20N4O. The Hall–Kier alpha value is -1.88. The Balaban J connectivity index is 2.32. The molecule has 2 N–H and O–H groups in total. The van der Waals surface area contributed by atoms with Crippen molar-refractivity contribution >= 4 is 0 Å². The minimum atomic E-state index is 0.423. The number of benzene rings is 1. The number of ether oxygens (including phenoxy) is 1. The molecule has 1 aromatic carbocycles. The van der Waals surface area contributed by atoms with Gasteiger partial charge in [-0.05, 0) is 37.6 Å². The van der Waals surface area contributed by atoms with Gasteiger partial charge in [0.15, 0.2) is 0 Å². The van der Waals surface area contributed by atoms with E-state index in [2.05, 4.69) is 17.2 Å². The van der Waals surface area contributed by atoms with Gasteiger partial charge in [0.1, 0.15) is 5.75 Å². The zero-order chi connectivity index (χ0) is 13.7. The normalized spacial score (nSPS) is 10.7. The third kappa shape index (κ3) is 2.93. The Labute approximate surface area is 113 Å². The molecule has 0 fully saturated rings. The first kappa shape index (κ1) is 13.5. The van der Waals surface area contributed by atoms with Crippen molar-refractivity contribution < 1.29 is 4.74 Å². The lowest BCUT2D eigenvalue weighted by Gasteiger charge is -2.08. The van der Waals surface area contributed by atoms with Gasteiger partial charge in [0, 0.05) is 6.54 Å². The molecule has 0 aliphatic carbocycles. The minimum absolute atomic E-state index is 0.423. The zero-order valence-electron chi connectivity index (χ0n) is 11.5. The Kier molecular flexibility index (Phi) is 4.52. The van der Waals surface area contributed by atoms with Gasteiger partial charge in [-0.3, -0.25) is 0 Å². The quantitative estimate of drug-likeness (QED) is 0.863. The molecule has 2 aromatic rings. The number of hydrogen-bond acceptors (Lipinski definition) is 4. The topological polar surface area (TPSA) is 66.0 Å². The smallest absolute Gasteiger partial charge is 0.119 e. The highest BCUT2D eigenvalue weighted by Gasteiger charge is 2.12. The summed E-state index contributed by atoms with van der Waals surface area (Å²) in [5.41, 5.74) is 8.65. The van der Waals surface area contributed by atoms with E-state index in [1.165, 1.54) is 0 Å². The fraction of sp³-hybridized carbons (Fsp3) is 0.429. The van der Waals surface area contributed by atoms with E-state index in [4.69, 9.17) is 10.5 Å². The van der Waals surface area contributed by atoms with Crippen LogP contribution >= 0.6 is 0 Å².